The standard InChI is InChI=1S/C22H24N4O3/c23-13-18-17-6-7-25(15-21(27)26-8-10-29-11-9-26)14-19(17)20(24-22(18)28)12-16-4-2-1-3-5-16/h1-5H,6-12,14-15H2,(H,24,28). The van der Waals surface area contributed by atoms with E-state index in [0.29, 0.717) is 58.8 Å². The molecule has 7 heteroatoms. The maximum Gasteiger partial charge on any atom is 0.266 e. The van der Waals surface area contributed by atoms with Crippen LogP contribution in [0.2, 0.25) is 0 Å². The van der Waals surface area contributed by atoms with Gasteiger partial charge in [-0.25, -0.2) is 0 Å². The Balaban J connectivity index is 1.59. The average Bonchev–Trinajstić information content (AvgIpc) is 2.75. The molecular formula is C22H24N4O3. The fourth-order valence-electron chi connectivity index (χ4n) is 4.09. The number of aromatic amines is 1. The Kier molecular flexibility index (Phi) is 5.74. The van der Waals surface area contributed by atoms with E-state index >= 15 is 0 Å². The second kappa shape index (κ2) is 8.60. The van der Waals surface area contributed by atoms with Crippen molar-refractivity contribution in [3.8, 4) is 6.07 Å². The van der Waals surface area contributed by atoms with E-state index in [1.807, 2.05) is 35.2 Å². The number of morpholine rings is 1. The summed E-state index contributed by atoms with van der Waals surface area (Å²) >= 11 is 0. The molecular weight excluding hydrogens is 368 g/mol. The van der Waals surface area contributed by atoms with E-state index in [1.54, 1.807) is 0 Å². The molecule has 7 nitrogen and oxygen atoms in total. The number of ether oxygens (including phenoxy) is 1. The van der Waals surface area contributed by atoms with Crippen LogP contribution in [0, 0.1) is 11.3 Å². The molecule has 0 bridgehead atoms. The molecule has 1 N–H and O–H groups in total. The van der Waals surface area contributed by atoms with Crippen molar-refractivity contribution in [3.63, 3.8) is 0 Å². The summed E-state index contributed by atoms with van der Waals surface area (Å²) in [4.78, 5) is 32.0. The summed E-state index contributed by atoms with van der Waals surface area (Å²) in [7, 11) is 0. The molecule has 2 aliphatic rings. The predicted octanol–water partition coefficient (Wildman–Crippen LogP) is 1.05. The molecule has 0 aliphatic carbocycles. The first-order valence-corrected chi connectivity index (χ1v) is 9.94. The summed E-state index contributed by atoms with van der Waals surface area (Å²) < 4.78 is 5.32. The lowest BCUT2D eigenvalue weighted by Gasteiger charge is -2.33. The van der Waals surface area contributed by atoms with E-state index in [0.717, 1.165) is 22.4 Å². The van der Waals surface area contributed by atoms with Gasteiger partial charge in [0.05, 0.1) is 19.8 Å². The summed E-state index contributed by atoms with van der Waals surface area (Å²) in [5, 5.41) is 9.48. The number of carbonyl (C=O) groups excluding carboxylic acids is 1. The van der Waals surface area contributed by atoms with E-state index in [2.05, 4.69) is 16.0 Å². The lowest BCUT2D eigenvalue weighted by molar-refractivity contribution is -0.136. The molecule has 2 aromatic rings. The van der Waals surface area contributed by atoms with Crippen molar-refractivity contribution in [1.29, 1.82) is 5.26 Å². The number of amides is 1. The van der Waals surface area contributed by atoms with Crippen LogP contribution < -0.4 is 5.56 Å². The largest absolute Gasteiger partial charge is 0.378 e. The van der Waals surface area contributed by atoms with Gasteiger partial charge in [0.15, 0.2) is 0 Å². The van der Waals surface area contributed by atoms with Gasteiger partial charge in [-0.1, -0.05) is 30.3 Å². The predicted molar refractivity (Wildman–Crippen MR) is 107 cm³/mol. The average molecular weight is 392 g/mol. The molecule has 1 fully saturated rings. The molecule has 150 valence electrons. The molecule has 3 heterocycles. The van der Waals surface area contributed by atoms with Gasteiger partial charge in [0.1, 0.15) is 11.6 Å². The van der Waals surface area contributed by atoms with Crippen molar-refractivity contribution in [1.82, 2.24) is 14.8 Å². The van der Waals surface area contributed by atoms with Crippen LogP contribution in [0.5, 0.6) is 0 Å². The highest BCUT2D eigenvalue weighted by Gasteiger charge is 2.27. The van der Waals surface area contributed by atoms with Gasteiger partial charge in [-0.3, -0.25) is 14.5 Å². The molecule has 1 amide bonds. The molecule has 0 unspecified atom stereocenters. The molecule has 4 rings (SSSR count). The van der Waals surface area contributed by atoms with Crippen molar-refractivity contribution < 1.29 is 9.53 Å². The van der Waals surface area contributed by atoms with E-state index in [-0.39, 0.29) is 17.0 Å². The first-order chi connectivity index (χ1) is 14.2. The molecule has 0 atom stereocenters. The Bertz CT molecular complexity index is 988. The number of hydrogen-bond donors (Lipinski definition) is 1. The first kappa shape index (κ1) is 19.4. The van der Waals surface area contributed by atoms with Crippen LogP contribution in [0.1, 0.15) is 27.9 Å². The highest BCUT2D eigenvalue weighted by Crippen LogP contribution is 2.24. The number of nitriles is 1. The van der Waals surface area contributed by atoms with Crippen molar-refractivity contribution in [2.24, 2.45) is 0 Å². The summed E-state index contributed by atoms with van der Waals surface area (Å²) in [6.07, 6.45) is 1.19. The highest BCUT2D eigenvalue weighted by molar-refractivity contribution is 5.78. The molecule has 1 aromatic heterocycles. The van der Waals surface area contributed by atoms with E-state index < -0.39 is 0 Å². The lowest BCUT2D eigenvalue weighted by Crippen LogP contribution is -2.47. The minimum Gasteiger partial charge on any atom is -0.378 e. The van der Waals surface area contributed by atoms with Crippen molar-refractivity contribution in [3.05, 3.63) is 68.6 Å². The summed E-state index contributed by atoms with van der Waals surface area (Å²) in [5.41, 5.74) is 3.62. The summed E-state index contributed by atoms with van der Waals surface area (Å²) in [6, 6.07) is 12.0. The van der Waals surface area contributed by atoms with Gasteiger partial charge in [-0.15, -0.1) is 0 Å². The van der Waals surface area contributed by atoms with Crippen molar-refractivity contribution >= 4 is 5.91 Å². The number of H-pyrrole nitrogens is 1. The normalized spacial score (nSPS) is 16.9. The molecule has 0 radical (unpaired) electrons. The fourth-order valence-corrected chi connectivity index (χ4v) is 4.09. The van der Waals surface area contributed by atoms with Gasteiger partial charge in [-0.05, 0) is 23.1 Å². The maximum atomic E-state index is 12.7. The van der Waals surface area contributed by atoms with Crippen LogP contribution in [0.25, 0.3) is 0 Å². The number of benzene rings is 1. The van der Waals surface area contributed by atoms with Crippen molar-refractivity contribution in [2.75, 3.05) is 39.4 Å². The first-order valence-electron chi connectivity index (χ1n) is 9.94. The van der Waals surface area contributed by atoms with Crippen molar-refractivity contribution in [2.45, 2.75) is 19.4 Å². The van der Waals surface area contributed by atoms with E-state index in [1.165, 1.54) is 0 Å². The minimum absolute atomic E-state index is 0.103. The third-order valence-electron chi connectivity index (χ3n) is 5.64. The van der Waals surface area contributed by atoms with E-state index in [9.17, 15) is 14.9 Å². The van der Waals surface area contributed by atoms with Crippen LogP contribution in [0.4, 0.5) is 0 Å². The number of fused-ring (bicyclic) bond motifs is 1. The van der Waals surface area contributed by atoms with Gasteiger partial charge >= 0.3 is 0 Å². The number of hydrogen-bond acceptors (Lipinski definition) is 5. The fraction of sp³-hybridized carbons (Fsp3) is 0.409. The summed E-state index contributed by atoms with van der Waals surface area (Å²) in [5.74, 6) is 0.103. The van der Waals surface area contributed by atoms with Crippen LogP contribution in [-0.4, -0.2) is 60.1 Å². The lowest BCUT2D eigenvalue weighted by atomic mass is 9.92. The molecule has 2 aliphatic heterocycles. The van der Waals surface area contributed by atoms with Gasteiger partial charge in [0, 0.05) is 38.3 Å². The maximum absolute atomic E-state index is 12.7. The van der Waals surface area contributed by atoms with Crippen LogP contribution >= 0.6 is 0 Å². The van der Waals surface area contributed by atoms with Gasteiger partial charge in [0.25, 0.3) is 5.56 Å². The molecule has 0 spiro atoms. The second-order valence-electron chi connectivity index (χ2n) is 7.49. The quantitative estimate of drug-likeness (QED) is 0.840. The Hall–Kier alpha value is -2.95. The Morgan fingerprint density at radius 1 is 1.14 bits per heavy atom. The number of carbonyl (C=O) groups is 1. The zero-order chi connectivity index (χ0) is 20.2. The number of aromatic nitrogens is 1. The number of pyridine rings is 1. The van der Waals surface area contributed by atoms with Crippen LogP contribution in [0.3, 0.4) is 0 Å². The molecule has 29 heavy (non-hydrogen) atoms. The third-order valence-corrected chi connectivity index (χ3v) is 5.64. The Morgan fingerprint density at radius 2 is 1.90 bits per heavy atom. The number of rotatable bonds is 4. The highest BCUT2D eigenvalue weighted by atomic mass is 16.5. The van der Waals surface area contributed by atoms with Gasteiger partial charge < -0.3 is 14.6 Å². The van der Waals surface area contributed by atoms with E-state index in [4.69, 9.17) is 4.74 Å². The van der Waals surface area contributed by atoms with Gasteiger partial charge in [-0.2, -0.15) is 5.26 Å². The number of nitrogens with zero attached hydrogens (tertiary/aromatic N) is 3. The summed E-state index contributed by atoms with van der Waals surface area (Å²) in [6.45, 7) is 3.99. The zero-order valence-electron chi connectivity index (χ0n) is 16.3. The molecule has 0 saturated carbocycles. The molecule has 1 aromatic carbocycles. The third kappa shape index (κ3) is 4.24. The zero-order valence-corrected chi connectivity index (χ0v) is 16.3. The Morgan fingerprint density at radius 3 is 2.62 bits per heavy atom. The second-order valence-corrected chi connectivity index (χ2v) is 7.49. The Labute approximate surface area is 169 Å². The molecule has 1 saturated heterocycles. The number of nitrogens with one attached hydrogen (secondary N) is 1. The topological polar surface area (TPSA) is 89.4 Å². The van der Waals surface area contributed by atoms with Crippen LogP contribution in [0.15, 0.2) is 35.1 Å². The smallest absolute Gasteiger partial charge is 0.266 e. The monoisotopic (exact) mass is 392 g/mol. The van der Waals surface area contributed by atoms with Gasteiger partial charge in [0.2, 0.25) is 5.91 Å². The van der Waals surface area contributed by atoms with Crippen LogP contribution in [-0.2, 0) is 28.9 Å². The minimum atomic E-state index is -0.324. The SMILES string of the molecule is N#Cc1c2c(c(Cc3ccccc3)[nH]c1=O)CN(CC(=O)N1CCOCC1)CC2.